The van der Waals surface area contributed by atoms with Gasteiger partial charge in [-0.3, -0.25) is 4.79 Å². The van der Waals surface area contributed by atoms with Gasteiger partial charge in [-0.1, -0.05) is 26.2 Å². The first kappa shape index (κ1) is 18.9. The lowest BCUT2D eigenvalue weighted by Crippen LogP contribution is -2.48. The average Bonchev–Trinajstić information content (AvgIpc) is 2.92. The number of thiophene rings is 1. The molecule has 0 saturated heterocycles. The summed E-state index contributed by atoms with van der Waals surface area (Å²) in [5, 5.41) is 3.27. The Hall–Kier alpha value is -0.870. The van der Waals surface area contributed by atoms with Crippen LogP contribution in [0.3, 0.4) is 0 Å². The molecule has 3 nitrogen and oxygen atoms in total. The molecule has 1 amide bonds. The van der Waals surface area contributed by atoms with Crippen molar-refractivity contribution in [3.8, 4) is 0 Å². The normalized spacial score (nSPS) is 19.6. The van der Waals surface area contributed by atoms with Gasteiger partial charge in [0.15, 0.2) is 0 Å². The summed E-state index contributed by atoms with van der Waals surface area (Å²) in [6.07, 6.45) is 12.6. The zero-order valence-corrected chi connectivity index (χ0v) is 16.8. The standard InChI is InChI=1S/C21H34N2OS/c1-3-13-23(2)16-21(11-8-12-21)15-22-20(24)19-14-17-9-6-4-5-7-10-18(17)25-19/h14H,3-13,15-16H2,1-2H3,(H,22,24). The zero-order valence-electron chi connectivity index (χ0n) is 16.0. The first-order chi connectivity index (χ1) is 12.1. The largest absolute Gasteiger partial charge is 0.351 e. The van der Waals surface area contributed by atoms with Crippen LogP contribution in [0.15, 0.2) is 6.07 Å². The molecule has 1 saturated carbocycles. The summed E-state index contributed by atoms with van der Waals surface area (Å²) in [5.41, 5.74) is 1.75. The van der Waals surface area contributed by atoms with Crippen molar-refractivity contribution in [2.75, 3.05) is 26.7 Å². The minimum absolute atomic E-state index is 0.154. The van der Waals surface area contributed by atoms with Gasteiger partial charge >= 0.3 is 0 Å². The van der Waals surface area contributed by atoms with Crippen LogP contribution in [0, 0.1) is 5.41 Å². The SMILES string of the molecule is CCCN(C)CC1(CNC(=O)c2cc3c(s2)CCCCCC3)CCC1. The quantitative estimate of drug-likeness (QED) is 0.766. The first-order valence-electron chi connectivity index (χ1n) is 10.2. The Morgan fingerprint density at radius 1 is 1.20 bits per heavy atom. The summed E-state index contributed by atoms with van der Waals surface area (Å²) in [6, 6.07) is 2.18. The highest BCUT2D eigenvalue weighted by Crippen LogP contribution is 2.41. The van der Waals surface area contributed by atoms with Crippen LogP contribution in [0.5, 0.6) is 0 Å². The van der Waals surface area contributed by atoms with E-state index >= 15 is 0 Å². The molecule has 0 atom stereocenters. The van der Waals surface area contributed by atoms with E-state index in [1.54, 1.807) is 11.3 Å². The Kier molecular flexibility index (Phi) is 6.56. The summed E-state index contributed by atoms with van der Waals surface area (Å²) in [4.78, 5) is 17.5. The Morgan fingerprint density at radius 3 is 2.64 bits per heavy atom. The average molecular weight is 363 g/mol. The van der Waals surface area contributed by atoms with Gasteiger partial charge in [0.2, 0.25) is 0 Å². The predicted octanol–water partition coefficient (Wildman–Crippen LogP) is 4.65. The number of fused-ring (bicyclic) bond motifs is 1. The van der Waals surface area contributed by atoms with Crippen molar-refractivity contribution in [3.05, 3.63) is 21.4 Å². The summed E-state index contributed by atoms with van der Waals surface area (Å²) < 4.78 is 0. The van der Waals surface area contributed by atoms with Gasteiger partial charge in [0, 0.05) is 23.4 Å². The van der Waals surface area contributed by atoms with E-state index in [0.717, 1.165) is 30.9 Å². The molecular formula is C21H34N2OS. The van der Waals surface area contributed by atoms with E-state index in [4.69, 9.17) is 0 Å². The van der Waals surface area contributed by atoms with Crippen molar-refractivity contribution >= 4 is 17.2 Å². The van der Waals surface area contributed by atoms with Crippen molar-refractivity contribution in [1.82, 2.24) is 10.2 Å². The number of amides is 1. The highest BCUT2D eigenvalue weighted by molar-refractivity contribution is 7.14. The fourth-order valence-corrected chi connectivity index (χ4v) is 5.58. The van der Waals surface area contributed by atoms with Crippen LogP contribution in [0.4, 0.5) is 0 Å². The lowest BCUT2D eigenvalue weighted by molar-refractivity contribution is 0.0685. The van der Waals surface area contributed by atoms with Crippen LogP contribution < -0.4 is 5.32 Å². The summed E-state index contributed by atoms with van der Waals surface area (Å²) in [6.45, 7) is 5.33. The molecule has 2 aliphatic carbocycles. The lowest BCUT2D eigenvalue weighted by Gasteiger charge is -2.44. The smallest absolute Gasteiger partial charge is 0.261 e. The van der Waals surface area contributed by atoms with Gasteiger partial charge < -0.3 is 10.2 Å². The van der Waals surface area contributed by atoms with Crippen molar-refractivity contribution in [3.63, 3.8) is 0 Å². The molecule has 1 heterocycles. The molecule has 1 fully saturated rings. The van der Waals surface area contributed by atoms with Gasteiger partial charge in [-0.2, -0.15) is 0 Å². The molecule has 1 aromatic rings. The van der Waals surface area contributed by atoms with Gasteiger partial charge in [-0.25, -0.2) is 0 Å². The Morgan fingerprint density at radius 2 is 1.96 bits per heavy atom. The highest BCUT2D eigenvalue weighted by Gasteiger charge is 2.38. The molecule has 3 rings (SSSR count). The number of hydrogen-bond donors (Lipinski definition) is 1. The third-order valence-corrected chi connectivity index (χ3v) is 7.21. The second-order valence-corrected chi connectivity index (χ2v) is 9.38. The van der Waals surface area contributed by atoms with E-state index in [2.05, 4.69) is 30.3 Å². The lowest BCUT2D eigenvalue weighted by atomic mass is 9.68. The molecular weight excluding hydrogens is 328 g/mol. The molecule has 0 bridgehead atoms. The summed E-state index contributed by atoms with van der Waals surface area (Å²) >= 11 is 1.74. The van der Waals surface area contributed by atoms with Crippen molar-refractivity contribution < 1.29 is 4.79 Å². The molecule has 0 unspecified atom stereocenters. The van der Waals surface area contributed by atoms with E-state index in [1.165, 1.54) is 68.2 Å². The van der Waals surface area contributed by atoms with Crippen LogP contribution in [-0.2, 0) is 12.8 Å². The maximum absolute atomic E-state index is 12.7. The van der Waals surface area contributed by atoms with Crippen molar-refractivity contribution in [1.29, 1.82) is 0 Å². The van der Waals surface area contributed by atoms with Crippen molar-refractivity contribution in [2.24, 2.45) is 5.41 Å². The number of nitrogens with one attached hydrogen (secondary N) is 1. The minimum Gasteiger partial charge on any atom is -0.351 e. The number of carbonyl (C=O) groups excluding carboxylic acids is 1. The van der Waals surface area contributed by atoms with E-state index in [9.17, 15) is 4.79 Å². The van der Waals surface area contributed by atoms with Gasteiger partial charge in [0.1, 0.15) is 0 Å². The predicted molar refractivity (Wildman–Crippen MR) is 107 cm³/mol. The third kappa shape index (κ3) is 4.85. The Bertz CT molecular complexity index is 551. The molecule has 140 valence electrons. The Balaban J connectivity index is 1.57. The molecule has 1 N–H and O–H groups in total. The van der Waals surface area contributed by atoms with Crippen molar-refractivity contribution in [2.45, 2.75) is 71.1 Å². The van der Waals surface area contributed by atoms with Gasteiger partial charge in [-0.05, 0) is 70.2 Å². The first-order valence-corrected chi connectivity index (χ1v) is 11.0. The summed E-state index contributed by atoms with van der Waals surface area (Å²) in [7, 11) is 2.21. The van der Waals surface area contributed by atoms with Gasteiger partial charge in [0.25, 0.3) is 5.91 Å². The molecule has 0 spiro atoms. The molecule has 4 heteroatoms. The minimum atomic E-state index is 0.154. The Labute approximate surface area is 157 Å². The van der Waals surface area contributed by atoms with E-state index in [0.29, 0.717) is 5.41 Å². The number of aryl methyl sites for hydroxylation is 2. The number of nitrogens with zero attached hydrogens (tertiary/aromatic N) is 1. The molecule has 0 aliphatic heterocycles. The third-order valence-electron chi connectivity index (χ3n) is 5.97. The molecule has 1 aromatic heterocycles. The highest BCUT2D eigenvalue weighted by atomic mass is 32.1. The molecule has 25 heavy (non-hydrogen) atoms. The molecule has 2 aliphatic rings. The monoisotopic (exact) mass is 362 g/mol. The second-order valence-electron chi connectivity index (χ2n) is 8.25. The molecule has 0 aromatic carbocycles. The van der Waals surface area contributed by atoms with E-state index in [-0.39, 0.29) is 5.91 Å². The molecule has 0 radical (unpaired) electrons. The summed E-state index contributed by atoms with van der Waals surface area (Å²) in [5.74, 6) is 0.154. The fourth-order valence-electron chi connectivity index (χ4n) is 4.41. The van der Waals surface area contributed by atoms with E-state index in [1.807, 2.05) is 0 Å². The number of hydrogen-bond acceptors (Lipinski definition) is 3. The number of carbonyl (C=O) groups is 1. The zero-order chi connectivity index (χ0) is 17.7. The van der Waals surface area contributed by atoms with Crippen LogP contribution >= 0.6 is 11.3 Å². The van der Waals surface area contributed by atoms with Crippen LogP contribution in [-0.4, -0.2) is 37.5 Å². The maximum atomic E-state index is 12.7. The van der Waals surface area contributed by atoms with Crippen LogP contribution in [0.1, 0.15) is 78.4 Å². The second kappa shape index (κ2) is 8.68. The van der Waals surface area contributed by atoms with Crippen LogP contribution in [0.25, 0.3) is 0 Å². The van der Waals surface area contributed by atoms with E-state index < -0.39 is 0 Å². The number of rotatable bonds is 7. The van der Waals surface area contributed by atoms with Crippen LogP contribution in [0.2, 0.25) is 0 Å². The van der Waals surface area contributed by atoms with Gasteiger partial charge in [-0.15, -0.1) is 11.3 Å². The van der Waals surface area contributed by atoms with Gasteiger partial charge in [0.05, 0.1) is 4.88 Å². The maximum Gasteiger partial charge on any atom is 0.261 e. The topological polar surface area (TPSA) is 32.3 Å². The fraction of sp³-hybridized carbons (Fsp3) is 0.762.